The fraction of sp³-hybridized carbons (Fsp3) is 0. The molecule has 1 heterocycles. The topological polar surface area (TPSA) is 16.4 Å². The summed E-state index contributed by atoms with van der Waals surface area (Å²) in [6.45, 7) is 0. The van der Waals surface area contributed by atoms with Crippen molar-refractivity contribution in [1.29, 1.82) is 0 Å². The van der Waals surface area contributed by atoms with E-state index in [1.54, 1.807) is 0 Å². The predicted molar refractivity (Wildman–Crippen MR) is 178 cm³/mol. The van der Waals surface area contributed by atoms with Gasteiger partial charge in [0.05, 0.1) is 17.1 Å². The molecular formula is C40H25NO. The van der Waals surface area contributed by atoms with Crippen LogP contribution in [0.4, 0.5) is 17.1 Å². The molecule has 9 rings (SSSR count). The van der Waals surface area contributed by atoms with Crippen LogP contribution in [0.25, 0.3) is 65.4 Å². The summed E-state index contributed by atoms with van der Waals surface area (Å²) in [7, 11) is 0. The van der Waals surface area contributed by atoms with E-state index in [4.69, 9.17) is 4.42 Å². The van der Waals surface area contributed by atoms with Crippen LogP contribution in [0.2, 0.25) is 0 Å². The standard InChI is InChI=1S/C40H25NO/c1-2-10-26(11-3-1)30-14-4-6-17-34(30)41(36-18-9-16-32-31-15-5-7-19-37(31)42-40(32)36)35-25-23-29-21-20-27-12-8-13-28-22-24-33(35)39(29)38(27)28/h1-25H. The van der Waals surface area contributed by atoms with Crippen LogP contribution in [0.15, 0.2) is 156 Å². The number of para-hydroxylation sites is 3. The molecule has 0 aliphatic heterocycles. The lowest BCUT2D eigenvalue weighted by molar-refractivity contribution is 0.669. The van der Waals surface area contributed by atoms with Crippen LogP contribution in [-0.4, -0.2) is 0 Å². The monoisotopic (exact) mass is 535 g/mol. The second-order valence-corrected chi connectivity index (χ2v) is 10.9. The van der Waals surface area contributed by atoms with Crippen LogP contribution in [-0.2, 0) is 0 Å². The normalized spacial score (nSPS) is 11.8. The average molecular weight is 536 g/mol. The molecule has 8 aromatic carbocycles. The Kier molecular flexibility index (Phi) is 4.93. The molecule has 0 atom stereocenters. The molecule has 0 unspecified atom stereocenters. The van der Waals surface area contributed by atoms with Crippen LogP contribution < -0.4 is 4.90 Å². The maximum absolute atomic E-state index is 6.64. The zero-order valence-electron chi connectivity index (χ0n) is 22.8. The van der Waals surface area contributed by atoms with Gasteiger partial charge in [0.1, 0.15) is 5.58 Å². The van der Waals surface area contributed by atoms with Crippen LogP contribution in [0.3, 0.4) is 0 Å². The highest BCUT2D eigenvalue weighted by molar-refractivity contribution is 6.26. The molecule has 2 heteroatoms. The first kappa shape index (κ1) is 23.1. The van der Waals surface area contributed by atoms with Gasteiger partial charge >= 0.3 is 0 Å². The molecule has 0 spiro atoms. The molecule has 0 aliphatic carbocycles. The number of rotatable bonds is 4. The van der Waals surface area contributed by atoms with Gasteiger partial charge < -0.3 is 9.32 Å². The minimum Gasteiger partial charge on any atom is -0.454 e. The highest BCUT2D eigenvalue weighted by Crippen LogP contribution is 2.48. The largest absolute Gasteiger partial charge is 0.454 e. The Bertz CT molecular complexity index is 2400. The van der Waals surface area contributed by atoms with Crippen molar-refractivity contribution < 1.29 is 4.42 Å². The Balaban J connectivity index is 1.42. The molecule has 1 aromatic heterocycles. The van der Waals surface area contributed by atoms with Crippen molar-refractivity contribution in [3.63, 3.8) is 0 Å². The maximum Gasteiger partial charge on any atom is 0.159 e. The van der Waals surface area contributed by atoms with Gasteiger partial charge in [0.2, 0.25) is 0 Å². The summed E-state index contributed by atoms with van der Waals surface area (Å²) in [6.07, 6.45) is 0. The first-order valence-corrected chi connectivity index (χ1v) is 14.4. The Morgan fingerprint density at radius 2 is 1.02 bits per heavy atom. The van der Waals surface area contributed by atoms with Gasteiger partial charge in [0, 0.05) is 21.7 Å². The fourth-order valence-corrected chi connectivity index (χ4v) is 6.74. The van der Waals surface area contributed by atoms with E-state index in [0.29, 0.717) is 0 Å². The van der Waals surface area contributed by atoms with E-state index in [2.05, 4.69) is 150 Å². The van der Waals surface area contributed by atoms with Crippen molar-refractivity contribution in [1.82, 2.24) is 0 Å². The number of benzene rings is 8. The van der Waals surface area contributed by atoms with Crippen LogP contribution in [0.5, 0.6) is 0 Å². The van der Waals surface area contributed by atoms with Gasteiger partial charge in [0.15, 0.2) is 5.58 Å². The van der Waals surface area contributed by atoms with Crippen molar-refractivity contribution in [2.75, 3.05) is 4.90 Å². The van der Waals surface area contributed by atoms with Gasteiger partial charge in [-0.25, -0.2) is 0 Å². The Morgan fingerprint density at radius 1 is 0.381 bits per heavy atom. The second-order valence-electron chi connectivity index (χ2n) is 10.9. The molecule has 196 valence electrons. The predicted octanol–water partition coefficient (Wildman–Crippen LogP) is 11.6. The summed E-state index contributed by atoms with van der Waals surface area (Å²) in [5, 5.41) is 9.83. The summed E-state index contributed by atoms with van der Waals surface area (Å²) in [6, 6.07) is 54.3. The Hall–Kier alpha value is -5.60. The van der Waals surface area contributed by atoms with Gasteiger partial charge in [0.25, 0.3) is 0 Å². The van der Waals surface area contributed by atoms with E-state index >= 15 is 0 Å². The van der Waals surface area contributed by atoms with E-state index in [-0.39, 0.29) is 0 Å². The van der Waals surface area contributed by atoms with Crippen LogP contribution in [0.1, 0.15) is 0 Å². The maximum atomic E-state index is 6.64. The van der Waals surface area contributed by atoms with Crippen molar-refractivity contribution >= 4 is 71.3 Å². The average Bonchev–Trinajstić information content (AvgIpc) is 3.44. The lowest BCUT2D eigenvalue weighted by Crippen LogP contribution is -2.12. The summed E-state index contributed by atoms with van der Waals surface area (Å²) >= 11 is 0. The van der Waals surface area contributed by atoms with E-state index in [1.807, 2.05) is 6.07 Å². The summed E-state index contributed by atoms with van der Waals surface area (Å²) in [5.74, 6) is 0. The molecule has 0 bridgehead atoms. The number of anilines is 3. The van der Waals surface area contributed by atoms with Crippen molar-refractivity contribution in [2.45, 2.75) is 0 Å². The molecule has 0 amide bonds. The van der Waals surface area contributed by atoms with Crippen LogP contribution >= 0.6 is 0 Å². The molecule has 0 radical (unpaired) electrons. The number of fused-ring (bicyclic) bond motifs is 3. The number of nitrogens with zero attached hydrogens (tertiary/aromatic N) is 1. The highest BCUT2D eigenvalue weighted by Gasteiger charge is 2.24. The van der Waals surface area contributed by atoms with Crippen molar-refractivity contribution in [2.24, 2.45) is 0 Å². The lowest BCUT2D eigenvalue weighted by Gasteiger charge is -2.29. The number of hydrogen-bond donors (Lipinski definition) is 0. The van der Waals surface area contributed by atoms with E-state index in [1.165, 1.54) is 37.9 Å². The van der Waals surface area contributed by atoms with Gasteiger partial charge in [-0.1, -0.05) is 127 Å². The highest BCUT2D eigenvalue weighted by atomic mass is 16.3. The second kappa shape index (κ2) is 8.95. The van der Waals surface area contributed by atoms with Gasteiger partial charge in [-0.2, -0.15) is 0 Å². The molecule has 0 fully saturated rings. The van der Waals surface area contributed by atoms with Gasteiger partial charge in [-0.15, -0.1) is 0 Å². The summed E-state index contributed by atoms with van der Waals surface area (Å²) < 4.78 is 6.64. The van der Waals surface area contributed by atoms with Gasteiger partial charge in [-0.3, -0.25) is 0 Å². The molecule has 2 nitrogen and oxygen atoms in total. The quantitative estimate of drug-likeness (QED) is 0.208. The number of furan rings is 1. The third-order valence-electron chi connectivity index (χ3n) is 8.60. The van der Waals surface area contributed by atoms with E-state index < -0.39 is 0 Å². The zero-order chi connectivity index (χ0) is 27.6. The Morgan fingerprint density at radius 3 is 1.90 bits per heavy atom. The molecule has 0 aliphatic rings. The number of hydrogen-bond acceptors (Lipinski definition) is 2. The van der Waals surface area contributed by atoms with E-state index in [9.17, 15) is 0 Å². The van der Waals surface area contributed by atoms with Crippen molar-refractivity contribution in [3.8, 4) is 11.1 Å². The van der Waals surface area contributed by atoms with Gasteiger partial charge in [-0.05, 0) is 56.8 Å². The SMILES string of the molecule is c1ccc(-c2ccccc2N(c2ccc3ccc4cccc5ccc2c3c45)c2cccc3c2oc2ccccc23)cc1. The fourth-order valence-electron chi connectivity index (χ4n) is 6.74. The molecule has 0 saturated heterocycles. The molecule has 0 saturated carbocycles. The molecular weight excluding hydrogens is 510 g/mol. The first-order valence-electron chi connectivity index (χ1n) is 14.4. The summed E-state index contributed by atoms with van der Waals surface area (Å²) in [5.41, 5.74) is 7.36. The molecule has 0 N–H and O–H groups in total. The molecule has 42 heavy (non-hydrogen) atoms. The first-order chi connectivity index (χ1) is 20.8. The third kappa shape index (κ3) is 3.33. The van der Waals surface area contributed by atoms with E-state index in [0.717, 1.165) is 44.6 Å². The minimum atomic E-state index is 0.882. The zero-order valence-corrected chi connectivity index (χ0v) is 22.8. The van der Waals surface area contributed by atoms with Crippen molar-refractivity contribution in [3.05, 3.63) is 152 Å². The molecule has 9 aromatic rings. The summed E-state index contributed by atoms with van der Waals surface area (Å²) in [4.78, 5) is 2.40. The Labute approximate surface area is 243 Å². The third-order valence-corrected chi connectivity index (χ3v) is 8.60. The van der Waals surface area contributed by atoms with Crippen LogP contribution in [0, 0.1) is 0 Å². The smallest absolute Gasteiger partial charge is 0.159 e. The lowest BCUT2D eigenvalue weighted by atomic mass is 9.92. The minimum absolute atomic E-state index is 0.882.